The number of benzene rings is 1. The van der Waals surface area contributed by atoms with Crippen LogP contribution in [-0.2, 0) is 0 Å². The molecule has 0 aliphatic carbocycles. The summed E-state index contributed by atoms with van der Waals surface area (Å²) in [6.45, 7) is 0. The minimum absolute atomic E-state index is 0.704. The molecule has 0 aliphatic rings. The van der Waals surface area contributed by atoms with Crippen molar-refractivity contribution in [3.05, 3.63) is 29.8 Å². The van der Waals surface area contributed by atoms with Crippen molar-refractivity contribution in [1.82, 2.24) is 0 Å². The number of rotatable bonds is 0. The van der Waals surface area contributed by atoms with Crippen LogP contribution in [0.25, 0.3) is 0 Å². The molecule has 0 spiro atoms. The van der Waals surface area contributed by atoms with Crippen molar-refractivity contribution >= 4 is 20.9 Å². The molecule has 0 radical (unpaired) electrons. The average molecular weight is 177 g/mol. The van der Waals surface area contributed by atoms with E-state index in [2.05, 4.69) is 12.0 Å². The van der Waals surface area contributed by atoms with Gasteiger partial charge in [-0.2, -0.15) is 0 Å². The number of hydrogen-bond donors (Lipinski definition) is 0. The van der Waals surface area contributed by atoms with E-state index >= 15 is 0 Å². The quantitative estimate of drug-likeness (QED) is 0.375. The maximum atomic E-state index is 5.23. The van der Waals surface area contributed by atoms with Gasteiger partial charge in [0.05, 0.1) is 0 Å². The Morgan fingerprint density at radius 1 is 1.33 bits per heavy atom. The van der Waals surface area contributed by atoms with Gasteiger partial charge in [0, 0.05) is 0 Å². The second-order valence-corrected chi connectivity index (χ2v) is 4.22. The first-order valence-corrected chi connectivity index (χ1v) is 4.96. The molecule has 1 aromatic carbocycles. The Morgan fingerprint density at radius 3 is 2.44 bits per heavy atom. The van der Waals surface area contributed by atoms with Gasteiger partial charge < -0.3 is 0 Å². The fourth-order valence-corrected chi connectivity index (χ4v) is 1.79. The minimum atomic E-state index is 0.704. The Morgan fingerprint density at radius 2 is 2.00 bits per heavy atom. The molecule has 0 saturated heterocycles. The van der Waals surface area contributed by atoms with Crippen LogP contribution in [0.5, 0.6) is 0 Å². The molecule has 0 atom stereocenters. The zero-order valence-corrected chi connectivity index (χ0v) is 9.58. The molecular weight excluding hydrogens is 169 g/mol. The Bertz CT molecular complexity index is 245. The van der Waals surface area contributed by atoms with E-state index in [0.717, 1.165) is 5.56 Å². The molecule has 0 fully saturated rings. The van der Waals surface area contributed by atoms with Crippen molar-refractivity contribution in [2.75, 3.05) is 0 Å². The van der Waals surface area contributed by atoms with Gasteiger partial charge in [0.2, 0.25) is 0 Å². The first kappa shape index (κ1) is 6.44. The molecule has 0 heterocycles. The molecule has 1 rings (SSSR count). The number of hydrogen-bond acceptors (Lipinski definition) is 0. The molecule has 9 heavy (non-hydrogen) atoms. The topological polar surface area (TPSA) is 0 Å². The molecule has 1 heteroatoms. The Labute approximate surface area is 63.5 Å². The van der Waals surface area contributed by atoms with Crippen LogP contribution in [0, 0.1) is 12.3 Å². The van der Waals surface area contributed by atoms with E-state index in [-0.39, 0.29) is 0 Å². The van der Waals surface area contributed by atoms with Gasteiger partial charge in [-0.15, -0.1) is 0 Å². The van der Waals surface area contributed by atoms with E-state index in [4.69, 9.17) is 6.42 Å². The van der Waals surface area contributed by atoms with Gasteiger partial charge in [0.1, 0.15) is 0 Å². The zero-order valence-electron chi connectivity index (χ0n) is 5.39. The molecule has 44 valence electrons. The van der Waals surface area contributed by atoms with E-state index in [1.807, 2.05) is 18.2 Å². The van der Waals surface area contributed by atoms with Gasteiger partial charge in [0.15, 0.2) is 0 Å². The summed E-state index contributed by atoms with van der Waals surface area (Å²) >= 11 is 0.704. The number of terminal acetylenes is 1. The van der Waals surface area contributed by atoms with Gasteiger partial charge >= 0.3 is 63.1 Å². The average Bonchev–Trinajstić information content (AvgIpc) is 1.89. The van der Waals surface area contributed by atoms with Crippen molar-refractivity contribution in [1.29, 1.82) is 0 Å². The van der Waals surface area contributed by atoms with Crippen LogP contribution in [-0.4, -0.2) is 16.5 Å². The predicted molar refractivity (Wildman–Crippen MR) is 44.0 cm³/mol. The normalized spacial score (nSPS) is 8.78. The fraction of sp³-hybridized carbons (Fsp3) is 0. The van der Waals surface area contributed by atoms with Crippen LogP contribution in [0.15, 0.2) is 24.3 Å². The Balaban J connectivity index is 3.20. The molecule has 0 nitrogen and oxygen atoms in total. The molecule has 0 aromatic heterocycles. The molecule has 0 N–H and O–H groups in total. The van der Waals surface area contributed by atoms with E-state index < -0.39 is 0 Å². The monoisotopic (exact) mass is 178 g/mol. The summed E-state index contributed by atoms with van der Waals surface area (Å²) in [5.74, 6) is 2.64. The van der Waals surface area contributed by atoms with Crippen LogP contribution in [0.2, 0.25) is 0 Å². The molecule has 0 saturated carbocycles. The van der Waals surface area contributed by atoms with E-state index in [1.54, 1.807) is 0 Å². The molecule has 1 aromatic rings. The van der Waals surface area contributed by atoms with Crippen LogP contribution >= 0.6 is 0 Å². The summed E-state index contributed by atoms with van der Waals surface area (Å²) < 4.78 is 1.35. The van der Waals surface area contributed by atoms with Crippen molar-refractivity contribution in [3.8, 4) is 12.3 Å². The summed E-state index contributed by atoms with van der Waals surface area (Å²) in [5.41, 5.74) is 1.07. The SMILES string of the molecule is C#Cc1cccc[c]1[GeH3]. The third-order valence-corrected chi connectivity index (χ3v) is 3.13. The third kappa shape index (κ3) is 1.37. The molecule has 0 unspecified atom stereocenters. The Kier molecular flexibility index (Phi) is 1.97. The van der Waals surface area contributed by atoms with Gasteiger partial charge in [-0.25, -0.2) is 0 Å². The summed E-state index contributed by atoms with van der Waals surface area (Å²) in [6, 6.07) is 8.08. The van der Waals surface area contributed by atoms with Crippen molar-refractivity contribution in [2.45, 2.75) is 0 Å². The second-order valence-electron chi connectivity index (χ2n) is 1.96. The summed E-state index contributed by atoms with van der Waals surface area (Å²) in [4.78, 5) is 0. The first-order valence-electron chi connectivity index (χ1n) is 2.87. The van der Waals surface area contributed by atoms with E-state index in [0.29, 0.717) is 16.5 Å². The second kappa shape index (κ2) is 2.75. The zero-order chi connectivity index (χ0) is 6.69. The summed E-state index contributed by atoms with van der Waals surface area (Å²) in [5, 5.41) is 0. The Hall–Kier alpha value is -0.677. The fourth-order valence-electron chi connectivity index (χ4n) is 0.735. The molecule has 0 amide bonds. The molecular formula is C8H8Ge. The molecule has 0 bridgehead atoms. The van der Waals surface area contributed by atoms with Crippen LogP contribution in [0.3, 0.4) is 0 Å². The van der Waals surface area contributed by atoms with Gasteiger partial charge in [-0.05, 0) is 0 Å². The standard InChI is InChI=1S/C8H8Ge/c1-2-7-5-3-4-6-8(7)9/h1,3-6H,9H3. The summed E-state index contributed by atoms with van der Waals surface area (Å²) in [7, 11) is 0. The van der Waals surface area contributed by atoms with Gasteiger partial charge in [-0.3, -0.25) is 0 Å². The maximum absolute atomic E-state index is 5.23. The van der Waals surface area contributed by atoms with E-state index in [9.17, 15) is 0 Å². The van der Waals surface area contributed by atoms with E-state index in [1.165, 1.54) is 4.40 Å². The summed E-state index contributed by atoms with van der Waals surface area (Å²) in [6.07, 6.45) is 5.23. The van der Waals surface area contributed by atoms with Crippen LogP contribution < -0.4 is 4.40 Å². The van der Waals surface area contributed by atoms with Gasteiger partial charge in [-0.1, -0.05) is 0 Å². The first-order chi connectivity index (χ1) is 4.34. The van der Waals surface area contributed by atoms with Crippen molar-refractivity contribution < 1.29 is 0 Å². The third-order valence-electron chi connectivity index (χ3n) is 1.30. The van der Waals surface area contributed by atoms with Crippen LogP contribution in [0.4, 0.5) is 0 Å². The molecule has 0 aliphatic heterocycles. The predicted octanol–water partition coefficient (Wildman–Crippen LogP) is -0.341. The van der Waals surface area contributed by atoms with Gasteiger partial charge in [0.25, 0.3) is 0 Å². The van der Waals surface area contributed by atoms with Crippen molar-refractivity contribution in [3.63, 3.8) is 0 Å². The van der Waals surface area contributed by atoms with Crippen molar-refractivity contribution in [2.24, 2.45) is 0 Å². The van der Waals surface area contributed by atoms with Crippen LogP contribution in [0.1, 0.15) is 5.56 Å².